The minimum Gasteiger partial charge on any atom is -0.508 e. The summed E-state index contributed by atoms with van der Waals surface area (Å²) in [5, 5.41) is 9.05. The quantitative estimate of drug-likeness (QED) is 0.727. The van der Waals surface area contributed by atoms with Gasteiger partial charge in [-0.2, -0.15) is 0 Å². The fourth-order valence-electron chi connectivity index (χ4n) is 0.965. The van der Waals surface area contributed by atoms with Gasteiger partial charge in [0.15, 0.2) is 0 Å². The lowest BCUT2D eigenvalue weighted by atomic mass is 10.1. The Morgan fingerprint density at radius 2 is 1.92 bits per heavy atom. The summed E-state index contributed by atoms with van der Waals surface area (Å²) in [6.45, 7) is 3.95. The minimum absolute atomic E-state index is 0.0776. The van der Waals surface area contributed by atoms with Crippen molar-refractivity contribution in [1.29, 1.82) is 0 Å². The van der Waals surface area contributed by atoms with Crippen LogP contribution in [0.3, 0.4) is 0 Å². The first-order chi connectivity index (χ1) is 6.09. The van der Waals surface area contributed by atoms with Crippen molar-refractivity contribution in [3.05, 3.63) is 35.4 Å². The fraction of sp³-hybridized carbons (Fsp3) is 0.273. The van der Waals surface area contributed by atoms with Gasteiger partial charge in [0.1, 0.15) is 5.75 Å². The number of benzene rings is 1. The predicted molar refractivity (Wildman–Crippen MR) is 55.4 cm³/mol. The number of hydrogen-bond acceptors (Lipinski definition) is 2. The lowest BCUT2D eigenvalue weighted by Crippen LogP contribution is -2.15. The monoisotopic (exact) mass is 177 g/mol. The molecule has 0 saturated heterocycles. The van der Waals surface area contributed by atoms with Gasteiger partial charge >= 0.3 is 0 Å². The van der Waals surface area contributed by atoms with Crippen LogP contribution in [-0.2, 0) is 0 Å². The zero-order valence-corrected chi connectivity index (χ0v) is 7.99. The number of aromatic hydroxyl groups is 1. The summed E-state index contributed by atoms with van der Waals surface area (Å²) in [4.78, 5) is 0. The van der Waals surface area contributed by atoms with Crippen molar-refractivity contribution in [2.24, 2.45) is 5.73 Å². The standard InChI is InChI=1S/C11H15NO/c1-8(9(2)12)7-10-3-5-11(13)6-4-10/h3-7,9,13H,12H2,1-2H3/b8-7+. The molecule has 0 amide bonds. The minimum atomic E-state index is 0.0776. The number of rotatable bonds is 2. The maximum Gasteiger partial charge on any atom is 0.115 e. The first kappa shape index (κ1) is 9.81. The summed E-state index contributed by atoms with van der Waals surface area (Å²) >= 11 is 0. The first-order valence-corrected chi connectivity index (χ1v) is 4.32. The molecule has 2 nitrogen and oxygen atoms in total. The number of hydrogen-bond donors (Lipinski definition) is 2. The van der Waals surface area contributed by atoms with Crippen LogP contribution in [0.2, 0.25) is 0 Å². The van der Waals surface area contributed by atoms with Crippen LogP contribution in [0.15, 0.2) is 29.8 Å². The lowest BCUT2D eigenvalue weighted by molar-refractivity contribution is 0.475. The van der Waals surface area contributed by atoms with Crippen molar-refractivity contribution in [2.75, 3.05) is 0 Å². The lowest BCUT2D eigenvalue weighted by Gasteiger charge is -2.04. The average Bonchev–Trinajstić information content (AvgIpc) is 2.08. The Morgan fingerprint density at radius 1 is 1.38 bits per heavy atom. The molecule has 0 saturated carbocycles. The largest absolute Gasteiger partial charge is 0.508 e. The normalized spacial score (nSPS) is 14.2. The third kappa shape index (κ3) is 2.92. The molecule has 0 fully saturated rings. The maximum absolute atomic E-state index is 9.05. The van der Waals surface area contributed by atoms with Crippen molar-refractivity contribution < 1.29 is 5.11 Å². The van der Waals surface area contributed by atoms with E-state index in [1.807, 2.05) is 32.1 Å². The Bertz CT molecular complexity index is 298. The Labute approximate surface area is 78.7 Å². The molecule has 0 spiro atoms. The molecule has 0 heterocycles. The Morgan fingerprint density at radius 3 is 2.38 bits per heavy atom. The highest BCUT2D eigenvalue weighted by Gasteiger charge is 1.96. The van der Waals surface area contributed by atoms with Crippen molar-refractivity contribution in [2.45, 2.75) is 19.9 Å². The van der Waals surface area contributed by atoms with Gasteiger partial charge in [0.25, 0.3) is 0 Å². The Balaban J connectivity index is 2.85. The molecule has 0 aliphatic heterocycles. The van der Waals surface area contributed by atoms with Crippen LogP contribution in [-0.4, -0.2) is 11.1 Å². The van der Waals surface area contributed by atoms with E-state index in [9.17, 15) is 0 Å². The summed E-state index contributed by atoms with van der Waals surface area (Å²) in [6, 6.07) is 7.14. The molecule has 1 aromatic rings. The van der Waals surface area contributed by atoms with Crippen LogP contribution in [0, 0.1) is 0 Å². The molecule has 13 heavy (non-hydrogen) atoms. The fourth-order valence-corrected chi connectivity index (χ4v) is 0.965. The van der Waals surface area contributed by atoms with Gasteiger partial charge in [-0.05, 0) is 31.5 Å². The summed E-state index contributed by atoms with van der Waals surface area (Å²) in [5.74, 6) is 0.288. The molecular weight excluding hydrogens is 162 g/mol. The summed E-state index contributed by atoms with van der Waals surface area (Å²) in [7, 11) is 0. The third-order valence-electron chi connectivity index (χ3n) is 2.01. The zero-order valence-electron chi connectivity index (χ0n) is 7.99. The molecular formula is C11H15NO. The molecule has 70 valence electrons. The van der Waals surface area contributed by atoms with Crippen LogP contribution < -0.4 is 5.73 Å². The molecule has 3 N–H and O–H groups in total. The smallest absolute Gasteiger partial charge is 0.115 e. The summed E-state index contributed by atoms with van der Waals surface area (Å²) in [5.41, 5.74) is 7.89. The Hall–Kier alpha value is -1.28. The van der Waals surface area contributed by atoms with Crippen molar-refractivity contribution >= 4 is 6.08 Å². The van der Waals surface area contributed by atoms with Crippen LogP contribution in [0.1, 0.15) is 19.4 Å². The Kier molecular flexibility index (Phi) is 3.09. The zero-order chi connectivity index (χ0) is 9.84. The molecule has 1 unspecified atom stereocenters. The van der Waals surface area contributed by atoms with Crippen LogP contribution in [0.25, 0.3) is 6.08 Å². The maximum atomic E-state index is 9.05. The molecule has 0 bridgehead atoms. The van der Waals surface area contributed by atoms with E-state index in [1.54, 1.807) is 12.1 Å². The van der Waals surface area contributed by atoms with Crippen LogP contribution in [0.4, 0.5) is 0 Å². The van der Waals surface area contributed by atoms with E-state index in [1.165, 1.54) is 0 Å². The summed E-state index contributed by atoms with van der Waals surface area (Å²) < 4.78 is 0. The average molecular weight is 177 g/mol. The third-order valence-corrected chi connectivity index (χ3v) is 2.01. The highest BCUT2D eigenvalue weighted by Crippen LogP contribution is 2.13. The first-order valence-electron chi connectivity index (χ1n) is 4.32. The topological polar surface area (TPSA) is 46.2 Å². The highest BCUT2D eigenvalue weighted by molar-refractivity contribution is 5.54. The number of phenols is 1. The molecule has 1 atom stereocenters. The van der Waals surface area contributed by atoms with E-state index in [0.717, 1.165) is 11.1 Å². The van der Waals surface area contributed by atoms with Crippen molar-refractivity contribution in [1.82, 2.24) is 0 Å². The molecule has 0 radical (unpaired) electrons. The van der Waals surface area contributed by atoms with Gasteiger partial charge in [0.05, 0.1) is 0 Å². The van der Waals surface area contributed by atoms with E-state index < -0.39 is 0 Å². The van der Waals surface area contributed by atoms with Crippen molar-refractivity contribution in [3.63, 3.8) is 0 Å². The molecule has 0 aromatic heterocycles. The van der Waals surface area contributed by atoms with Crippen molar-refractivity contribution in [3.8, 4) is 5.75 Å². The van der Waals surface area contributed by atoms with Gasteiger partial charge in [-0.15, -0.1) is 0 Å². The summed E-state index contributed by atoms with van der Waals surface area (Å²) in [6.07, 6.45) is 2.02. The second-order valence-corrected chi connectivity index (χ2v) is 3.27. The second kappa shape index (κ2) is 4.10. The molecule has 1 rings (SSSR count). The highest BCUT2D eigenvalue weighted by atomic mass is 16.3. The van der Waals surface area contributed by atoms with E-state index in [-0.39, 0.29) is 11.8 Å². The van der Waals surface area contributed by atoms with Crippen LogP contribution in [0.5, 0.6) is 5.75 Å². The van der Waals surface area contributed by atoms with Gasteiger partial charge in [-0.25, -0.2) is 0 Å². The predicted octanol–water partition coefficient (Wildman–Crippen LogP) is 2.14. The number of phenolic OH excluding ortho intramolecular Hbond substituents is 1. The SMILES string of the molecule is C/C(=C\c1ccc(O)cc1)C(C)N. The molecule has 1 aromatic carbocycles. The van der Waals surface area contributed by atoms with E-state index in [0.29, 0.717) is 0 Å². The van der Waals surface area contributed by atoms with Gasteiger partial charge < -0.3 is 10.8 Å². The van der Waals surface area contributed by atoms with Gasteiger partial charge in [0, 0.05) is 6.04 Å². The molecule has 2 heteroatoms. The van der Waals surface area contributed by atoms with E-state index in [4.69, 9.17) is 10.8 Å². The van der Waals surface area contributed by atoms with Gasteiger partial charge in [0.2, 0.25) is 0 Å². The van der Waals surface area contributed by atoms with Crippen LogP contribution >= 0.6 is 0 Å². The number of nitrogens with two attached hydrogens (primary N) is 1. The molecule has 0 aliphatic carbocycles. The van der Waals surface area contributed by atoms with Gasteiger partial charge in [-0.3, -0.25) is 0 Å². The second-order valence-electron chi connectivity index (χ2n) is 3.27. The molecule has 0 aliphatic rings. The van der Waals surface area contributed by atoms with E-state index in [2.05, 4.69) is 0 Å². The van der Waals surface area contributed by atoms with E-state index >= 15 is 0 Å². The van der Waals surface area contributed by atoms with Gasteiger partial charge in [-0.1, -0.05) is 23.8 Å².